The molecule has 0 bridgehead atoms. The summed E-state index contributed by atoms with van der Waals surface area (Å²) in [4.78, 5) is 23.1. The van der Waals surface area contributed by atoms with Gasteiger partial charge in [-0.1, -0.05) is 19.8 Å². The molecule has 0 amide bonds. The lowest BCUT2D eigenvalue weighted by atomic mass is 10.2. The molecule has 118 valence electrons. The predicted octanol–water partition coefficient (Wildman–Crippen LogP) is 3.20. The minimum absolute atomic E-state index is 0.1000. The second-order valence-electron chi connectivity index (χ2n) is 5.14. The van der Waals surface area contributed by atoms with Gasteiger partial charge in [-0.25, -0.2) is 0 Å². The Kier molecular flexibility index (Phi) is 5.58. The highest BCUT2D eigenvalue weighted by Crippen LogP contribution is 2.25. The maximum Gasteiger partial charge on any atom is 0.325 e. The molecule has 0 atom stereocenters. The number of ether oxygens (including phenoxy) is 2. The van der Waals surface area contributed by atoms with Crippen molar-refractivity contribution in [2.45, 2.75) is 32.7 Å². The number of unbranched alkanes of at least 4 members (excludes halogenated alkanes) is 2. The largest absolute Gasteiger partial charge is 0.497 e. The topological polar surface area (TPSA) is 57.5 Å². The van der Waals surface area contributed by atoms with Crippen LogP contribution in [0.5, 0.6) is 5.75 Å². The number of benzene rings is 1. The Balaban J connectivity index is 2.14. The maximum absolute atomic E-state index is 11.9. The van der Waals surface area contributed by atoms with Crippen LogP contribution in [0.25, 0.3) is 10.9 Å². The first-order valence-electron chi connectivity index (χ1n) is 7.47. The van der Waals surface area contributed by atoms with Crippen LogP contribution in [0.15, 0.2) is 24.4 Å². The van der Waals surface area contributed by atoms with Crippen LogP contribution in [-0.4, -0.2) is 30.5 Å². The zero-order valence-corrected chi connectivity index (χ0v) is 13.0. The van der Waals surface area contributed by atoms with Gasteiger partial charge in [0, 0.05) is 22.7 Å². The molecule has 0 aliphatic carbocycles. The first-order valence-corrected chi connectivity index (χ1v) is 7.47. The van der Waals surface area contributed by atoms with E-state index >= 15 is 0 Å². The highest BCUT2D eigenvalue weighted by Gasteiger charge is 2.12. The van der Waals surface area contributed by atoms with E-state index in [1.807, 2.05) is 6.07 Å². The lowest BCUT2D eigenvalue weighted by Crippen LogP contribution is -2.13. The molecule has 0 saturated carbocycles. The predicted molar refractivity (Wildman–Crippen MR) is 84.4 cm³/mol. The van der Waals surface area contributed by atoms with Crippen molar-refractivity contribution in [3.8, 4) is 5.75 Å². The number of esters is 1. The van der Waals surface area contributed by atoms with Crippen molar-refractivity contribution < 1.29 is 19.1 Å². The third kappa shape index (κ3) is 3.67. The van der Waals surface area contributed by atoms with Gasteiger partial charge in [0.05, 0.1) is 13.7 Å². The van der Waals surface area contributed by atoms with Crippen molar-refractivity contribution in [3.05, 3.63) is 30.0 Å². The quantitative estimate of drug-likeness (QED) is 0.427. The SMILES string of the molecule is CCCCCOC(=O)Cn1cc(C=O)c2cc(OC)ccc21. The summed E-state index contributed by atoms with van der Waals surface area (Å²) in [7, 11) is 1.58. The summed E-state index contributed by atoms with van der Waals surface area (Å²) in [5.74, 6) is 0.386. The summed E-state index contributed by atoms with van der Waals surface area (Å²) < 4.78 is 12.1. The summed E-state index contributed by atoms with van der Waals surface area (Å²) in [6.45, 7) is 2.64. The lowest BCUT2D eigenvalue weighted by molar-refractivity contribution is -0.144. The number of fused-ring (bicyclic) bond motifs is 1. The van der Waals surface area contributed by atoms with Crippen LogP contribution in [0.4, 0.5) is 0 Å². The number of hydrogen-bond donors (Lipinski definition) is 0. The van der Waals surface area contributed by atoms with Gasteiger partial charge in [0.15, 0.2) is 6.29 Å². The minimum Gasteiger partial charge on any atom is -0.497 e. The molecule has 0 unspecified atom stereocenters. The molecule has 0 N–H and O–H groups in total. The first kappa shape index (κ1) is 16.1. The van der Waals surface area contributed by atoms with Crippen molar-refractivity contribution in [1.29, 1.82) is 0 Å². The van der Waals surface area contributed by atoms with E-state index in [0.29, 0.717) is 17.9 Å². The molecule has 0 radical (unpaired) electrons. The van der Waals surface area contributed by atoms with Gasteiger partial charge in [-0.15, -0.1) is 0 Å². The third-order valence-electron chi connectivity index (χ3n) is 3.56. The Labute approximate surface area is 129 Å². The second kappa shape index (κ2) is 7.64. The number of nitrogens with zero attached hydrogens (tertiary/aromatic N) is 1. The molecule has 0 spiro atoms. The smallest absolute Gasteiger partial charge is 0.325 e. The van der Waals surface area contributed by atoms with Crippen molar-refractivity contribution in [3.63, 3.8) is 0 Å². The Morgan fingerprint density at radius 3 is 2.82 bits per heavy atom. The number of methoxy groups -OCH3 is 1. The van der Waals surface area contributed by atoms with Gasteiger partial charge in [0.25, 0.3) is 0 Å². The van der Waals surface area contributed by atoms with Crippen LogP contribution < -0.4 is 4.74 Å². The summed E-state index contributed by atoms with van der Waals surface area (Å²) >= 11 is 0. The fourth-order valence-electron chi connectivity index (χ4n) is 2.38. The van der Waals surface area contributed by atoms with Gasteiger partial charge in [-0.05, 0) is 24.6 Å². The van der Waals surface area contributed by atoms with Gasteiger partial charge in [0.2, 0.25) is 0 Å². The molecule has 0 fully saturated rings. The molecule has 1 aromatic heterocycles. The fourth-order valence-corrected chi connectivity index (χ4v) is 2.38. The van der Waals surface area contributed by atoms with Gasteiger partial charge in [0.1, 0.15) is 12.3 Å². The zero-order valence-electron chi connectivity index (χ0n) is 13.0. The van der Waals surface area contributed by atoms with Gasteiger partial charge in [-0.2, -0.15) is 0 Å². The van der Waals surface area contributed by atoms with Crippen LogP contribution in [0.3, 0.4) is 0 Å². The molecule has 0 saturated heterocycles. The van der Waals surface area contributed by atoms with Crippen LogP contribution in [-0.2, 0) is 16.1 Å². The summed E-state index contributed by atoms with van der Waals surface area (Å²) in [5.41, 5.74) is 1.35. The normalized spacial score (nSPS) is 10.6. The maximum atomic E-state index is 11.9. The average Bonchev–Trinajstić information content (AvgIpc) is 2.88. The molecule has 5 nitrogen and oxygen atoms in total. The molecule has 0 aliphatic rings. The molecule has 1 aromatic carbocycles. The van der Waals surface area contributed by atoms with E-state index in [0.717, 1.165) is 36.5 Å². The molecular weight excluding hydrogens is 282 g/mol. The molecule has 22 heavy (non-hydrogen) atoms. The van der Waals surface area contributed by atoms with Crippen molar-refractivity contribution in [2.75, 3.05) is 13.7 Å². The van der Waals surface area contributed by atoms with Crippen LogP contribution in [0.1, 0.15) is 36.5 Å². The van der Waals surface area contributed by atoms with Crippen molar-refractivity contribution in [1.82, 2.24) is 4.57 Å². The Bertz CT molecular complexity index is 660. The molecule has 5 heteroatoms. The number of rotatable bonds is 8. The van der Waals surface area contributed by atoms with Gasteiger partial charge in [-0.3, -0.25) is 9.59 Å². The van der Waals surface area contributed by atoms with E-state index in [1.165, 1.54) is 0 Å². The van der Waals surface area contributed by atoms with Crippen LogP contribution in [0.2, 0.25) is 0 Å². The number of aromatic nitrogens is 1. The highest BCUT2D eigenvalue weighted by atomic mass is 16.5. The third-order valence-corrected chi connectivity index (χ3v) is 3.56. The average molecular weight is 303 g/mol. The molecule has 2 aromatic rings. The summed E-state index contributed by atoms with van der Waals surface area (Å²) in [6.07, 6.45) is 5.47. The van der Waals surface area contributed by atoms with E-state index in [2.05, 4.69) is 6.92 Å². The summed E-state index contributed by atoms with van der Waals surface area (Å²) in [6, 6.07) is 5.44. The number of carbonyl (C=O) groups is 2. The van der Waals surface area contributed by atoms with E-state index in [-0.39, 0.29) is 12.5 Å². The van der Waals surface area contributed by atoms with Gasteiger partial charge < -0.3 is 14.0 Å². The van der Waals surface area contributed by atoms with Crippen LogP contribution in [0, 0.1) is 0 Å². The first-order chi connectivity index (χ1) is 10.7. The highest BCUT2D eigenvalue weighted by molar-refractivity contribution is 5.98. The number of carbonyl (C=O) groups excluding carboxylic acids is 2. The van der Waals surface area contributed by atoms with E-state index < -0.39 is 0 Å². The molecular formula is C17H21NO4. The second-order valence-corrected chi connectivity index (χ2v) is 5.14. The number of hydrogen-bond acceptors (Lipinski definition) is 4. The number of aldehydes is 1. The van der Waals surface area contributed by atoms with E-state index in [4.69, 9.17) is 9.47 Å². The standard InChI is InChI=1S/C17H21NO4/c1-3-4-5-8-22-17(20)11-18-10-13(12-19)15-9-14(21-2)6-7-16(15)18/h6-7,9-10,12H,3-5,8,11H2,1-2H3. The lowest BCUT2D eigenvalue weighted by Gasteiger charge is -2.07. The zero-order chi connectivity index (χ0) is 15.9. The molecule has 0 aliphatic heterocycles. The van der Waals surface area contributed by atoms with Gasteiger partial charge >= 0.3 is 5.97 Å². The minimum atomic E-state index is -0.290. The Morgan fingerprint density at radius 1 is 1.32 bits per heavy atom. The summed E-state index contributed by atoms with van der Waals surface area (Å²) in [5, 5.41) is 0.771. The molecule has 2 rings (SSSR count). The van der Waals surface area contributed by atoms with E-state index in [9.17, 15) is 9.59 Å². The Hall–Kier alpha value is -2.30. The fraction of sp³-hybridized carbons (Fsp3) is 0.412. The van der Waals surface area contributed by atoms with E-state index in [1.54, 1.807) is 30.0 Å². The van der Waals surface area contributed by atoms with Crippen LogP contribution >= 0.6 is 0 Å². The Morgan fingerprint density at radius 2 is 2.14 bits per heavy atom. The molecule has 1 heterocycles. The van der Waals surface area contributed by atoms with Crippen molar-refractivity contribution >= 4 is 23.2 Å². The monoisotopic (exact) mass is 303 g/mol. The van der Waals surface area contributed by atoms with Crippen molar-refractivity contribution in [2.24, 2.45) is 0 Å².